The maximum Gasteiger partial charge on any atom is 0.0374 e. The number of benzene rings is 1. The lowest BCUT2D eigenvalue weighted by Gasteiger charge is -2.38. The second-order valence-electron chi connectivity index (χ2n) is 5.53. The van der Waals surface area contributed by atoms with Crippen LogP contribution < -0.4 is 5.32 Å². The Hall–Kier alpha value is -0.860. The van der Waals surface area contributed by atoms with Crippen molar-refractivity contribution in [3.8, 4) is 0 Å². The van der Waals surface area contributed by atoms with Gasteiger partial charge in [-0.25, -0.2) is 0 Å². The molecule has 0 aliphatic carbocycles. The first kappa shape index (κ1) is 13.6. The molecule has 1 aromatic rings. The van der Waals surface area contributed by atoms with E-state index in [9.17, 15) is 0 Å². The number of piperazine rings is 1. The second kappa shape index (κ2) is 6.35. The van der Waals surface area contributed by atoms with Crippen molar-refractivity contribution in [3.05, 3.63) is 35.4 Å². The minimum Gasteiger partial charge on any atom is -0.314 e. The molecule has 0 spiro atoms. The lowest BCUT2D eigenvalue weighted by Crippen LogP contribution is -2.46. The van der Waals surface area contributed by atoms with E-state index < -0.39 is 0 Å². The number of hydrogen-bond donors (Lipinski definition) is 1. The molecule has 0 amide bonds. The van der Waals surface area contributed by atoms with Gasteiger partial charge < -0.3 is 5.32 Å². The molecule has 0 aromatic heterocycles. The third-order valence-electron chi connectivity index (χ3n) is 4.15. The Morgan fingerprint density at radius 2 is 1.78 bits per heavy atom. The predicted molar refractivity (Wildman–Crippen MR) is 77.8 cm³/mol. The van der Waals surface area contributed by atoms with E-state index in [1.165, 1.54) is 30.6 Å². The van der Waals surface area contributed by atoms with Crippen LogP contribution >= 0.6 is 0 Å². The van der Waals surface area contributed by atoms with Gasteiger partial charge in [-0.1, -0.05) is 50.1 Å². The van der Waals surface area contributed by atoms with Crippen molar-refractivity contribution in [1.82, 2.24) is 10.2 Å². The van der Waals surface area contributed by atoms with Crippen LogP contribution in [0.1, 0.15) is 37.4 Å². The minimum atomic E-state index is 0.581. The van der Waals surface area contributed by atoms with Crippen LogP contribution in [-0.4, -0.2) is 31.1 Å². The zero-order valence-corrected chi connectivity index (χ0v) is 11.9. The van der Waals surface area contributed by atoms with Crippen LogP contribution in [0.3, 0.4) is 0 Å². The molecule has 1 aliphatic heterocycles. The topological polar surface area (TPSA) is 15.3 Å². The molecule has 2 atom stereocenters. The third-order valence-corrected chi connectivity index (χ3v) is 4.15. The predicted octanol–water partition coefficient (Wildman–Crippen LogP) is 2.99. The van der Waals surface area contributed by atoms with E-state index >= 15 is 0 Å². The van der Waals surface area contributed by atoms with E-state index in [-0.39, 0.29) is 0 Å². The van der Waals surface area contributed by atoms with Gasteiger partial charge in [0.05, 0.1) is 0 Å². The smallest absolute Gasteiger partial charge is 0.0374 e. The van der Waals surface area contributed by atoms with Gasteiger partial charge >= 0.3 is 0 Å². The number of rotatable bonds is 4. The third kappa shape index (κ3) is 3.12. The molecule has 18 heavy (non-hydrogen) atoms. The molecule has 100 valence electrons. The van der Waals surface area contributed by atoms with Crippen LogP contribution in [-0.2, 0) is 0 Å². The summed E-state index contributed by atoms with van der Waals surface area (Å²) in [4.78, 5) is 2.65. The quantitative estimate of drug-likeness (QED) is 0.878. The highest BCUT2D eigenvalue weighted by Gasteiger charge is 2.26. The zero-order valence-electron chi connectivity index (χ0n) is 11.9. The highest BCUT2D eigenvalue weighted by Crippen LogP contribution is 2.31. The van der Waals surface area contributed by atoms with Gasteiger partial charge in [0.15, 0.2) is 0 Å². The molecule has 1 N–H and O–H groups in total. The Labute approximate surface area is 111 Å². The maximum absolute atomic E-state index is 3.45. The van der Waals surface area contributed by atoms with Crippen LogP contribution in [0, 0.1) is 12.8 Å². The second-order valence-corrected chi connectivity index (χ2v) is 5.53. The fraction of sp³-hybridized carbons (Fsp3) is 0.625. The standard InChI is InChI=1S/C16H26N2/c1-4-14(3)16(18-11-9-17-10-12-18)15-7-5-13(2)6-8-15/h5-8,14,16-17H,4,9-12H2,1-3H3/t14?,16-/m0/s1. The van der Waals surface area contributed by atoms with Gasteiger partial charge in [0, 0.05) is 32.2 Å². The Morgan fingerprint density at radius 1 is 1.17 bits per heavy atom. The van der Waals surface area contributed by atoms with Gasteiger partial charge in [-0.15, -0.1) is 0 Å². The van der Waals surface area contributed by atoms with Crippen molar-refractivity contribution in [2.24, 2.45) is 5.92 Å². The number of hydrogen-bond acceptors (Lipinski definition) is 2. The molecule has 0 radical (unpaired) electrons. The minimum absolute atomic E-state index is 0.581. The normalized spacial score (nSPS) is 20.6. The van der Waals surface area contributed by atoms with Crippen LogP contribution in [0.4, 0.5) is 0 Å². The molecular formula is C16H26N2. The summed E-state index contributed by atoms with van der Waals surface area (Å²) in [6.07, 6.45) is 1.24. The van der Waals surface area contributed by atoms with Gasteiger partial charge in [0.25, 0.3) is 0 Å². The summed E-state index contributed by atoms with van der Waals surface area (Å²) < 4.78 is 0. The number of aryl methyl sites for hydroxylation is 1. The molecule has 1 aromatic carbocycles. The average Bonchev–Trinajstić information content (AvgIpc) is 2.42. The fourth-order valence-corrected chi connectivity index (χ4v) is 2.85. The average molecular weight is 246 g/mol. The molecule has 1 saturated heterocycles. The lowest BCUT2D eigenvalue weighted by atomic mass is 9.90. The van der Waals surface area contributed by atoms with Crippen LogP contribution in [0.2, 0.25) is 0 Å². The van der Waals surface area contributed by atoms with Crippen molar-refractivity contribution in [1.29, 1.82) is 0 Å². The van der Waals surface area contributed by atoms with Crippen LogP contribution in [0.25, 0.3) is 0 Å². The van der Waals surface area contributed by atoms with Gasteiger partial charge in [-0.2, -0.15) is 0 Å². The Morgan fingerprint density at radius 3 is 2.33 bits per heavy atom. The van der Waals surface area contributed by atoms with Crippen molar-refractivity contribution in [3.63, 3.8) is 0 Å². The highest BCUT2D eigenvalue weighted by molar-refractivity contribution is 5.24. The van der Waals surface area contributed by atoms with Crippen molar-refractivity contribution in [2.75, 3.05) is 26.2 Å². The maximum atomic E-state index is 3.45. The van der Waals surface area contributed by atoms with Gasteiger partial charge in [-0.3, -0.25) is 4.90 Å². The molecular weight excluding hydrogens is 220 g/mol. The van der Waals surface area contributed by atoms with Crippen LogP contribution in [0.15, 0.2) is 24.3 Å². The summed E-state index contributed by atoms with van der Waals surface area (Å²) in [7, 11) is 0. The fourth-order valence-electron chi connectivity index (χ4n) is 2.85. The van der Waals surface area contributed by atoms with Crippen molar-refractivity contribution < 1.29 is 0 Å². The summed E-state index contributed by atoms with van der Waals surface area (Å²) >= 11 is 0. The van der Waals surface area contributed by atoms with Crippen molar-refractivity contribution >= 4 is 0 Å². The van der Waals surface area contributed by atoms with Gasteiger partial charge in [0.1, 0.15) is 0 Å². The zero-order chi connectivity index (χ0) is 13.0. The van der Waals surface area contributed by atoms with Crippen molar-refractivity contribution in [2.45, 2.75) is 33.2 Å². The lowest BCUT2D eigenvalue weighted by molar-refractivity contribution is 0.128. The Bertz CT molecular complexity index is 352. The SMILES string of the molecule is CCC(C)[C@@H](c1ccc(C)cc1)N1CCNCC1. The Balaban J connectivity index is 2.20. The first-order chi connectivity index (χ1) is 8.72. The summed E-state index contributed by atoms with van der Waals surface area (Å²) in [5.41, 5.74) is 2.83. The van der Waals surface area contributed by atoms with E-state index in [1.807, 2.05) is 0 Å². The monoisotopic (exact) mass is 246 g/mol. The van der Waals surface area contributed by atoms with E-state index in [4.69, 9.17) is 0 Å². The molecule has 1 heterocycles. The molecule has 2 nitrogen and oxygen atoms in total. The number of nitrogens with one attached hydrogen (secondary N) is 1. The first-order valence-electron chi connectivity index (χ1n) is 7.23. The summed E-state index contributed by atoms with van der Waals surface area (Å²) in [6.45, 7) is 11.4. The summed E-state index contributed by atoms with van der Waals surface area (Å²) in [5, 5.41) is 3.45. The molecule has 1 aliphatic rings. The van der Waals surface area contributed by atoms with E-state index in [0.29, 0.717) is 12.0 Å². The first-order valence-corrected chi connectivity index (χ1v) is 7.23. The van der Waals surface area contributed by atoms with Gasteiger partial charge in [-0.05, 0) is 18.4 Å². The largest absolute Gasteiger partial charge is 0.314 e. The molecule has 1 fully saturated rings. The molecule has 0 saturated carbocycles. The molecule has 2 rings (SSSR count). The summed E-state index contributed by atoms with van der Waals surface area (Å²) in [5.74, 6) is 0.714. The highest BCUT2D eigenvalue weighted by atomic mass is 15.2. The molecule has 1 unspecified atom stereocenters. The van der Waals surface area contributed by atoms with E-state index in [0.717, 1.165) is 13.1 Å². The molecule has 2 heteroatoms. The van der Waals surface area contributed by atoms with Gasteiger partial charge in [0.2, 0.25) is 0 Å². The molecule has 0 bridgehead atoms. The van der Waals surface area contributed by atoms with Crippen LogP contribution in [0.5, 0.6) is 0 Å². The number of nitrogens with zero attached hydrogens (tertiary/aromatic N) is 1. The van der Waals surface area contributed by atoms with E-state index in [2.05, 4.69) is 55.3 Å². The van der Waals surface area contributed by atoms with E-state index in [1.54, 1.807) is 0 Å². The summed E-state index contributed by atoms with van der Waals surface area (Å²) in [6, 6.07) is 9.69. The Kier molecular flexibility index (Phi) is 4.79.